The zero-order chi connectivity index (χ0) is 12.7. The molecule has 98 valence electrons. The highest BCUT2D eigenvalue weighted by atomic mass is 16.6. The lowest BCUT2D eigenvalue weighted by Crippen LogP contribution is -2.09. The van der Waals surface area contributed by atoms with E-state index in [1.54, 1.807) is 0 Å². The highest BCUT2D eigenvalue weighted by Crippen LogP contribution is 2.43. The Labute approximate surface area is 107 Å². The van der Waals surface area contributed by atoms with Gasteiger partial charge < -0.3 is 14.3 Å². The second kappa shape index (κ2) is 4.44. The van der Waals surface area contributed by atoms with Gasteiger partial charge in [-0.1, -0.05) is 0 Å². The summed E-state index contributed by atoms with van der Waals surface area (Å²) in [5, 5.41) is 0. The third-order valence-electron chi connectivity index (χ3n) is 3.65. The van der Waals surface area contributed by atoms with Gasteiger partial charge in [-0.15, -0.1) is 0 Å². The van der Waals surface area contributed by atoms with Crippen LogP contribution in [0.15, 0.2) is 6.07 Å². The van der Waals surface area contributed by atoms with Crippen molar-refractivity contribution in [2.24, 2.45) is 5.90 Å². The van der Waals surface area contributed by atoms with Gasteiger partial charge in [0.05, 0.1) is 6.61 Å². The van der Waals surface area contributed by atoms with Crippen molar-refractivity contribution >= 4 is 0 Å². The minimum atomic E-state index is 0.248. The summed E-state index contributed by atoms with van der Waals surface area (Å²) in [7, 11) is 0. The van der Waals surface area contributed by atoms with E-state index in [0.29, 0.717) is 6.61 Å². The number of fused-ring (bicyclic) bond motifs is 2. The van der Waals surface area contributed by atoms with E-state index in [4.69, 9.17) is 20.2 Å². The summed E-state index contributed by atoms with van der Waals surface area (Å²) in [6.45, 7) is 4.70. The Hall–Kier alpha value is -1.26. The molecule has 0 radical (unpaired) electrons. The van der Waals surface area contributed by atoms with E-state index in [0.717, 1.165) is 30.8 Å². The van der Waals surface area contributed by atoms with E-state index in [-0.39, 0.29) is 12.2 Å². The highest BCUT2D eigenvalue weighted by molar-refractivity contribution is 5.57. The summed E-state index contributed by atoms with van der Waals surface area (Å²) in [5.74, 6) is 7.21. The molecule has 4 nitrogen and oxygen atoms in total. The van der Waals surface area contributed by atoms with Crippen LogP contribution in [-0.4, -0.2) is 18.8 Å². The summed E-state index contributed by atoms with van der Waals surface area (Å²) in [4.78, 5) is 4.72. The van der Waals surface area contributed by atoms with Crippen LogP contribution >= 0.6 is 0 Å². The van der Waals surface area contributed by atoms with Gasteiger partial charge in [0.1, 0.15) is 23.7 Å². The smallest absolute Gasteiger partial charge is 0.126 e. The van der Waals surface area contributed by atoms with Crippen molar-refractivity contribution in [3.05, 3.63) is 22.8 Å². The van der Waals surface area contributed by atoms with Gasteiger partial charge in [-0.05, 0) is 19.9 Å². The summed E-state index contributed by atoms with van der Waals surface area (Å²) >= 11 is 0. The fourth-order valence-electron chi connectivity index (χ4n) is 2.94. The van der Waals surface area contributed by atoms with Gasteiger partial charge in [0.15, 0.2) is 0 Å². The van der Waals surface area contributed by atoms with Gasteiger partial charge >= 0.3 is 0 Å². The number of hydrogen-bond donors (Lipinski definition) is 1. The Bertz CT molecular complexity index is 436. The van der Waals surface area contributed by atoms with Crippen LogP contribution < -0.4 is 15.4 Å². The van der Waals surface area contributed by atoms with Crippen LogP contribution in [0.4, 0.5) is 0 Å². The number of ether oxygens (including phenoxy) is 2. The van der Waals surface area contributed by atoms with Crippen LogP contribution in [0.1, 0.15) is 30.5 Å². The van der Waals surface area contributed by atoms with Crippen LogP contribution in [-0.2, 0) is 24.1 Å². The quantitative estimate of drug-likeness (QED) is 0.829. The van der Waals surface area contributed by atoms with Crippen LogP contribution in [0.3, 0.4) is 0 Å². The number of benzene rings is 1. The van der Waals surface area contributed by atoms with E-state index in [1.807, 2.05) is 0 Å². The topological polar surface area (TPSA) is 53.7 Å². The fourth-order valence-corrected chi connectivity index (χ4v) is 2.94. The van der Waals surface area contributed by atoms with Gasteiger partial charge in [-0.2, -0.15) is 0 Å². The molecule has 2 heterocycles. The van der Waals surface area contributed by atoms with Crippen molar-refractivity contribution in [2.75, 3.05) is 6.61 Å². The fraction of sp³-hybridized carbons (Fsp3) is 0.571. The summed E-state index contributed by atoms with van der Waals surface area (Å²) < 4.78 is 11.8. The van der Waals surface area contributed by atoms with E-state index in [9.17, 15) is 0 Å². The van der Waals surface area contributed by atoms with Gasteiger partial charge in [-0.25, -0.2) is 5.90 Å². The molecule has 1 aromatic rings. The zero-order valence-electron chi connectivity index (χ0n) is 10.9. The number of hydrogen-bond acceptors (Lipinski definition) is 4. The molecule has 2 atom stereocenters. The zero-order valence-corrected chi connectivity index (χ0v) is 10.9. The third-order valence-corrected chi connectivity index (χ3v) is 3.65. The summed E-state index contributed by atoms with van der Waals surface area (Å²) in [5.41, 5.74) is 3.75. The molecule has 2 unspecified atom stereocenters. The van der Waals surface area contributed by atoms with E-state index in [2.05, 4.69) is 19.9 Å². The van der Waals surface area contributed by atoms with E-state index < -0.39 is 0 Å². The van der Waals surface area contributed by atoms with Gasteiger partial charge in [0.2, 0.25) is 0 Å². The van der Waals surface area contributed by atoms with Gasteiger partial charge in [0, 0.05) is 36.0 Å². The molecule has 2 aliphatic rings. The summed E-state index contributed by atoms with van der Waals surface area (Å²) in [6, 6.07) is 2.14. The minimum Gasteiger partial charge on any atom is -0.490 e. The maximum absolute atomic E-state index is 5.94. The molecular formula is C14H19NO3. The molecule has 2 N–H and O–H groups in total. The molecule has 18 heavy (non-hydrogen) atoms. The first-order valence-electron chi connectivity index (χ1n) is 6.51. The Morgan fingerprint density at radius 2 is 2.06 bits per heavy atom. The molecule has 0 saturated carbocycles. The van der Waals surface area contributed by atoms with Crippen molar-refractivity contribution in [3.63, 3.8) is 0 Å². The van der Waals surface area contributed by atoms with Crippen molar-refractivity contribution in [1.29, 1.82) is 0 Å². The molecule has 0 amide bonds. The van der Waals surface area contributed by atoms with Crippen molar-refractivity contribution < 1.29 is 14.3 Å². The lowest BCUT2D eigenvalue weighted by molar-refractivity contribution is 0.140. The molecule has 0 aliphatic carbocycles. The lowest BCUT2D eigenvalue weighted by atomic mass is 9.96. The largest absolute Gasteiger partial charge is 0.490 e. The lowest BCUT2D eigenvalue weighted by Gasteiger charge is -2.13. The minimum absolute atomic E-state index is 0.248. The Morgan fingerprint density at radius 3 is 2.83 bits per heavy atom. The van der Waals surface area contributed by atoms with Crippen molar-refractivity contribution in [1.82, 2.24) is 0 Å². The van der Waals surface area contributed by atoms with Crippen LogP contribution in [0.2, 0.25) is 0 Å². The molecule has 1 aromatic carbocycles. The predicted octanol–water partition coefficient (Wildman–Crippen LogP) is 1.77. The second-order valence-corrected chi connectivity index (χ2v) is 5.21. The SMILES string of the molecule is CC1Cc2c(cc3c(c2CCON)OC(C)C3)O1. The maximum atomic E-state index is 5.94. The highest BCUT2D eigenvalue weighted by Gasteiger charge is 2.31. The first kappa shape index (κ1) is 11.8. The number of rotatable bonds is 3. The molecule has 4 heteroatoms. The maximum Gasteiger partial charge on any atom is 0.126 e. The third kappa shape index (κ3) is 1.85. The van der Waals surface area contributed by atoms with Gasteiger partial charge in [0.25, 0.3) is 0 Å². The normalized spacial score (nSPS) is 24.4. The second-order valence-electron chi connectivity index (χ2n) is 5.21. The molecule has 0 fully saturated rings. The van der Waals surface area contributed by atoms with Crippen LogP contribution in [0.5, 0.6) is 11.5 Å². The first-order chi connectivity index (χ1) is 8.69. The molecule has 3 rings (SSSR count). The van der Waals surface area contributed by atoms with Crippen LogP contribution in [0.25, 0.3) is 0 Å². The predicted molar refractivity (Wildman–Crippen MR) is 67.9 cm³/mol. The monoisotopic (exact) mass is 249 g/mol. The molecular weight excluding hydrogens is 230 g/mol. The van der Waals surface area contributed by atoms with E-state index in [1.165, 1.54) is 16.7 Å². The average molecular weight is 249 g/mol. The van der Waals surface area contributed by atoms with Crippen LogP contribution in [0, 0.1) is 0 Å². The standard InChI is InChI=1S/C14H19NO3/c1-8-5-10-7-13-12(6-9(2)17-13)11(3-4-16-15)14(10)18-8/h7-9H,3-6,15H2,1-2H3. The Kier molecular flexibility index (Phi) is 2.92. The van der Waals surface area contributed by atoms with Crippen molar-refractivity contribution in [3.8, 4) is 11.5 Å². The first-order valence-corrected chi connectivity index (χ1v) is 6.51. The molecule has 0 bridgehead atoms. The Morgan fingerprint density at radius 1 is 1.28 bits per heavy atom. The molecule has 2 aliphatic heterocycles. The summed E-state index contributed by atoms with van der Waals surface area (Å²) in [6.07, 6.45) is 3.18. The molecule has 0 spiro atoms. The van der Waals surface area contributed by atoms with E-state index >= 15 is 0 Å². The molecule has 0 aromatic heterocycles. The molecule has 0 saturated heterocycles. The average Bonchev–Trinajstić information content (AvgIpc) is 2.85. The number of nitrogens with two attached hydrogens (primary N) is 1. The van der Waals surface area contributed by atoms with Crippen molar-refractivity contribution in [2.45, 2.75) is 45.3 Å². The van der Waals surface area contributed by atoms with Gasteiger partial charge in [-0.3, -0.25) is 0 Å². The Balaban J connectivity index is 2.04.